The molecule has 0 amide bonds. The largest absolute Gasteiger partial charge is 0.311 e. The van der Waals surface area contributed by atoms with Gasteiger partial charge in [-0.05, 0) is 44.6 Å². The molecule has 2 rings (SSSR count). The van der Waals surface area contributed by atoms with Crippen molar-refractivity contribution in [2.75, 3.05) is 0 Å². The Balaban J connectivity index is 1.79. The highest BCUT2D eigenvalue weighted by molar-refractivity contribution is 5.15. The van der Waals surface area contributed by atoms with E-state index in [1.165, 1.54) is 44.1 Å². The van der Waals surface area contributed by atoms with Crippen LogP contribution < -0.4 is 5.32 Å². The molecule has 0 aromatic heterocycles. The molecule has 1 saturated carbocycles. The van der Waals surface area contributed by atoms with Crippen LogP contribution in [0.1, 0.15) is 57.9 Å². The molecule has 0 heterocycles. The average molecular weight is 259 g/mol. The van der Waals surface area contributed by atoms with E-state index in [1.807, 2.05) is 0 Å². The van der Waals surface area contributed by atoms with Gasteiger partial charge in [0.25, 0.3) is 0 Å². The Morgan fingerprint density at radius 3 is 2.26 bits per heavy atom. The molecule has 1 fully saturated rings. The lowest BCUT2D eigenvalue weighted by atomic mass is 9.92. The van der Waals surface area contributed by atoms with Gasteiger partial charge in [-0.3, -0.25) is 0 Å². The first-order valence-corrected chi connectivity index (χ1v) is 8.05. The summed E-state index contributed by atoms with van der Waals surface area (Å²) in [4.78, 5) is 0. The predicted molar refractivity (Wildman–Crippen MR) is 83.4 cm³/mol. The van der Waals surface area contributed by atoms with Gasteiger partial charge in [-0.2, -0.15) is 0 Å². The number of hydrogen-bond acceptors (Lipinski definition) is 1. The first kappa shape index (κ1) is 14.6. The van der Waals surface area contributed by atoms with Crippen molar-refractivity contribution in [2.45, 2.75) is 70.9 Å². The highest BCUT2D eigenvalue weighted by atomic mass is 14.9. The van der Waals surface area contributed by atoms with E-state index in [9.17, 15) is 0 Å². The number of nitrogens with one attached hydrogen (secondary N) is 1. The maximum Gasteiger partial charge on any atom is 0.00817 e. The van der Waals surface area contributed by atoms with Gasteiger partial charge in [0, 0.05) is 12.1 Å². The Bertz CT molecular complexity index is 338. The molecule has 2 atom stereocenters. The highest BCUT2D eigenvalue weighted by Gasteiger charge is 2.20. The van der Waals surface area contributed by atoms with Crippen LogP contribution in [0.4, 0.5) is 0 Å². The van der Waals surface area contributed by atoms with Crippen LogP contribution in [0.2, 0.25) is 0 Å². The van der Waals surface area contributed by atoms with Gasteiger partial charge in [-0.25, -0.2) is 0 Å². The SMILES string of the molecule is CC(Cc1ccccc1)N[C@@H](C)C1CCCCCC1. The average Bonchev–Trinajstić information content (AvgIpc) is 2.68. The zero-order valence-electron chi connectivity index (χ0n) is 12.6. The van der Waals surface area contributed by atoms with Crippen molar-refractivity contribution in [3.8, 4) is 0 Å². The van der Waals surface area contributed by atoms with Crippen LogP contribution in [0.15, 0.2) is 30.3 Å². The van der Waals surface area contributed by atoms with E-state index >= 15 is 0 Å². The summed E-state index contributed by atoms with van der Waals surface area (Å²) in [7, 11) is 0. The fourth-order valence-corrected chi connectivity index (χ4v) is 3.42. The van der Waals surface area contributed by atoms with Crippen molar-refractivity contribution in [3.63, 3.8) is 0 Å². The first-order valence-electron chi connectivity index (χ1n) is 8.05. The second kappa shape index (κ2) is 7.69. The van der Waals surface area contributed by atoms with E-state index in [0.717, 1.165) is 12.3 Å². The standard InChI is InChI=1S/C18H29N/c1-15(14-17-10-6-5-7-11-17)19-16(2)18-12-8-3-4-9-13-18/h5-7,10-11,15-16,18-19H,3-4,8-9,12-14H2,1-2H3/t15?,16-/m0/s1. The summed E-state index contributed by atoms with van der Waals surface area (Å²) in [6.45, 7) is 4.71. The van der Waals surface area contributed by atoms with Crippen molar-refractivity contribution >= 4 is 0 Å². The van der Waals surface area contributed by atoms with Crippen molar-refractivity contribution in [3.05, 3.63) is 35.9 Å². The smallest absolute Gasteiger partial charge is 0.00817 e. The Morgan fingerprint density at radius 1 is 1.00 bits per heavy atom. The molecule has 19 heavy (non-hydrogen) atoms. The molecule has 0 saturated heterocycles. The highest BCUT2D eigenvalue weighted by Crippen LogP contribution is 2.25. The number of benzene rings is 1. The summed E-state index contributed by atoms with van der Waals surface area (Å²) >= 11 is 0. The van der Waals surface area contributed by atoms with E-state index in [-0.39, 0.29) is 0 Å². The second-order valence-corrected chi connectivity index (χ2v) is 6.30. The number of hydrogen-bond donors (Lipinski definition) is 1. The summed E-state index contributed by atoms with van der Waals surface area (Å²) in [5, 5.41) is 3.83. The van der Waals surface area contributed by atoms with Gasteiger partial charge < -0.3 is 5.32 Å². The van der Waals surface area contributed by atoms with Gasteiger partial charge >= 0.3 is 0 Å². The summed E-state index contributed by atoms with van der Waals surface area (Å²) in [5.74, 6) is 0.890. The predicted octanol–water partition coefficient (Wildman–Crippen LogP) is 4.57. The Hall–Kier alpha value is -0.820. The van der Waals surface area contributed by atoms with Gasteiger partial charge in [0.15, 0.2) is 0 Å². The van der Waals surface area contributed by atoms with Crippen LogP contribution in [0, 0.1) is 5.92 Å². The molecular weight excluding hydrogens is 230 g/mol. The van der Waals surface area contributed by atoms with Crippen LogP contribution in [0.25, 0.3) is 0 Å². The van der Waals surface area contributed by atoms with Gasteiger partial charge in [0.1, 0.15) is 0 Å². The third kappa shape index (κ3) is 4.99. The minimum atomic E-state index is 0.570. The van der Waals surface area contributed by atoms with Gasteiger partial charge in [0.2, 0.25) is 0 Å². The molecular formula is C18H29N. The van der Waals surface area contributed by atoms with Crippen LogP contribution in [-0.2, 0) is 6.42 Å². The lowest BCUT2D eigenvalue weighted by molar-refractivity contribution is 0.314. The lowest BCUT2D eigenvalue weighted by Gasteiger charge is -2.27. The molecule has 0 radical (unpaired) electrons. The Kier molecular flexibility index (Phi) is 5.91. The third-order valence-electron chi connectivity index (χ3n) is 4.54. The molecule has 1 aromatic carbocycles. The van der Waals surface area contributed by atoms with Crippen molar-refractivity contribution in [1.29, 1.82) is 0 Å². The molecule has 1 unspecified atom stereocenters. The minimum absolute atomic E-state index is 0.570. The van der Waals surface area contributed by atoms with Crippen LogP contribution >= 0.6 is 0 Å². The van der Waals surface area contributed by atoms with Gasteiger partial charge in [-0.1, -0.05) is 56.0 Å². The summed E-state index contributed by atoms with van der Waals surface area (Å²) < 4.78 is 0. The van der Waals surface area contributed by atoms with E-state index in [4.69, 9.17) is 0 Å². The van der Waals surface area contributed by atoms with Crippen LogP contribution in [-0.4, -0.2) is 12.1 Å². The van der Waals surface area contributed by atoms with Crippen LogP contribution in [0.3, 0.4) is 0 Å². The summed E-state index contributed by atoms with van der Waals surface area (Å²) in [5.41, 5.74) is 1.44. The van der Waals surface area contributed by atoms with Gasteiger partial charge in [-0.15, -0.1) is 0 Å². The molecule has 0 spiro atoms. The van der Waals surface area contributed by atoms with Crippen molar-refractivity contribution in [2.24, 2.45) is 5.92 Å². The van der Waals surface area contributed by atoms with Crippen LogP contribution in [0.5, 0.6) is 0 Å². The number of rotatable bonds is 5. The molecule has 1 aromatic rings. The normalized spacial score (nSPS) is 20.7. The Morgan fingerprint density at radius 2 is 1.63 bits per heavy atom. The zero-order chi connectivity index (χ0) is 13.5. The molecule has 1 heteroatoms. The molecule has 0 bridgehead atoms. The molecule has 1 N–H and O–H groups in total. The fraction of sp³-hybridized carbons (Fsp3) is 0.667. The van der Waals surface area contributed by atoms with E-state index in [2.05, 4.69) is 49.5 Å². The third-order valence-corrected chi connectivity index (χ3v) is 4.54. The van der Waals surface area contributed by atoms with Gasteiger partial charge in [0.05, 0.1) is 0 Å². The molecule has 1 aliphatic rings. The molecule has 106 valence electrons. The second-order valence-electron chi connectivity index (χ2n) is 6.30. The fourth-order valence-electron chi connectivity index (χ4n) is 3.42. The summed E-state index contributed by atoms with van der Waals surface area (Å²) in [6, 6.07) is 12.1. The molecule has 0 aliphatic heterocycles. The van der Waals surface area contributed by atoms with E-state index in [0.29, 0.717) is 12.1 Å². The maximum absolute atomic E-state index is 3.83. The summed E-state index contributed by atoms with van der Waals surface area (Å²) in [6.07, 6.45) is 9.75. The van der Waals surface area contributed by atoms with E-state index in [1.54, 1.807) is 0 Å². The maximum atomic E-state index is 3.83. The Labute approximate surface area is 118 Å². The lowest BCUT2D eigenvalue weighted by Crippen LogP contribution is -2.40. The van der Waals surface area contributed by atoms with Crippen molar-refractivity contribution < 1.29 is 0 Å². The topological polar surface area (TPSA) is 12.0 Å². The monoisotopic (exact) mass is 259 g/mol. The zero-order valence-corrected chi connectivity index (χ0v) is 12.6. The van der Waals surface area contributed by atoms with E-state index < -0.39 is 0 Å². The first-order chi connectivity index (χ1) is 9.25. The quantitative estimate of drug-likeness (QED) is 0.764. The molecule has 1 nitrogen and oxygen atoms in total. The minimum Gasteiger partial charge on any atom is -0.311 e. The molecule has 1 aliphatic carbocycles. The van der Waals surface area contributed by atoms with Crippen molar-refractivity contribution in [1.82, 2.24) is 5.32 Å².